The Morgan fingerprint density at radius 1 is 1.29 bits per heavy atom. The Labute approximate surface area is 124 Å². The first kappa shape index (κ1) is 15.6. The highest BCUT2D eigenvalue weighted by atomic mass is 32.2. The van der Waals surface area contributed by atoms with Gasteiger partial charge in [0.2, 0.25) is 10.0 Å². The van der Waals surface area contributed by atoms with Gasteiger partial charge >= 0.3 is 0 Å². The highest BCUT2D eigenvalue weighted by Gasteiger charge is 2.20. The highest BCUT2D eigenvalue weighted by Crippen LogP contribution is 2.20. The molecule has 0 bridgehead atoms. The molecule has 3 N–H and O–H groups in total. The molecule has 6 nitrogen and oxygen atoms in total. The molecule has 0 fully saturated rings. The van der Waals surface area contributed by atoms with Gasteiger partial charge in [-0.25, -0.2) is 13.1 Å². The third-order valence-electron chi connectivity index (χ3n) is 3.04. The van der Waals surface area contributed by atoms with Gasteiger partial charge in [-0.05, 0) is 24.6 Å². The molecule has 1 aromatic heterocycles. The van der Waals surface area contributed by atoms with Gasteiger partial charge in [0.25, 0.3) is 0 Å². The molecule has 0 amide bonds. The summed E-state index contributed by atoms with van der Waals surface area (Å²) in [7, 11) is -2.05. The summed E-state index contributed by atoms with van der Waals surface area (Å²) in [5.41, 5.74) is 6.28. The van der Waals surface area contributed by atoms with E-state index in [1.165, 1.54) is 6.07 Å². The van der Waals surface area contributed by atoms with E-state index in [2.05, 4.69) is 4.72 Å². The van der Waals surface area contributed by atoms with Gasteiger partial charge in [0.15, 0.2) is 0 Å². The number of furan rings is 1. The highest BCUT2D eigenvalue weighted by molar-refractivity contribution is 7.89. The van der Waals surface area contributed by atoms with Crippen LogP contribution >= 0.6 is 0 Å². The van der Waals surface area contributed by atoms with Crippen molar-refractivity contribution >= 4 is 10.0 Å². The molecule has 1 aromatic carbocycles. The van der Waals surface area contributed by atoms with Crippen molar-refractivity contribution in [2.75, 3.05) is 7.11 Å². The summed E-state index contributed by atoms with van der Waals surface area (Å²) in [5, 5.41) is 0. The van der Waals surface area contributed by atoms with Crippen molar-refractivity contribution in [2.45, 2.75) is 24.9 Å². The van der Waals surface area contributed by atoms with Gasteiger partial charge in [0, 0.05) is 12.6 Å². The van der Waals surface area contributed by atoms with Crippen LogP contribution in [-0.4, -0.2) is 15.5 Å². The van der Waals surface area contributed by atoms with Crippen LogP contribution in [-0.2, 0) is 23.1 Å². The van der Waals surface area contributed by atoms with E-state index in [1.54, 1.807) is 38.3 Å². The Hall–Kier alpha value is -1.83. The lowest BCUT2D eigenvalue weighted by Crippen LogP contribution is -2.23. The second kappa shape index (κ2) is 6.30. The first-order valence-corrected chi connectivity index (χ1v) is 7.86. The maximum absolute atomic E-state index is 12.2. The predicted molar refractivity (Wildman–Crippen MR) is 78.4 cm³/mol. The lowest BCUT2D eigenvalue weighted by atomic mass is 10.2. The van der Waals surface area contributed by atoms with Crippen molar-refractivity contribution < 1.29 is 17.6 Å². The molecule has 0 saturated carbocycles. The minimum atomic E-state index is -3.62. The summed E-state index contributed by atoms with van der Waals surface area (Å²) in [4.78, 5) is 0.122. The van der Waals surface area contributed by atoms with Crippen molar-refractivity contribution in [2.24, 2.45) is 5.73 Å². The van der Waals surface area contributed by atoms with Crippen molar-refractivity contribution in [3.8, 4) is 5.75 Å². The molecule has 1 heterocycles. The molecule has 0 saturated heterocycles. The van der Waals surface area contributed by atoms with Crippen LogP contribution in [0.5, 0.6) is 5.75 Å². The molecule has 7 heteroatoms. The first-order chi connectivity index (χ1) is 9.96. The number of hydrogen-bond donors (Lipinski definition) is 2. The average molecular weight is 310 g/mol. The van der Waals surface area contributed by atoms with E-state index in [9.17, 15) is 8.42 Å². The molecule has 2 rings (SSSR count). The van der Waals surface area contributed by atoms with E-state index in [4.69, 9.17) is 14.9 Å². The first-order valence-electron chi connectivity index (χ1n) is 6.38. The van der Waals surface area contributed by atoms with Crippen molar-refractivity contribution in [1.29, 1.82) is 0 Å². The van der Waals surface area contributed by atoms with Crippen molar-refractivity contribution in [1.82, 2.24) is 4.72 Å². The fraction of sp³-hybridized carbons (Fsp3) is 0.286. The SMILES string of the molecule is COc1ccc(CNS(=O)(=O)c2cc(CN)oc2C)cc1. The van der Waals surface area contributed by atoms with E-state index >= 15 is 0 Å². The van der Waals surface area contributed by atoms with Gasteiger partial charge < -0.3 is 14.9 Å². The standard InChI is InChI=1S/C14H18N2O4S/c1-10-14(7-13(8-15)20-10)21(17,18)16-9-11-3-5-12(19-2)6-4-11/h3-7,16H,8-9,15H2,1-2H3. The van der Waals surface area contributed by atoms with Crippen LogP contribution in [0.2, 0.25) is 0 Å². The number of nitrogens with one attached hydrogen (secondary N) is 1. The Balaban J connectivity index is 2.11. The third kappa shape index (κ3) is 3.63. The fourth-order valence-corrected chi connectivity index (χ4v) is 3.11. The molecule has 114 valence electrons. The zero-order chi connectivity index (χ0) is 15.5. The van der Waals surface area contributed by atoms with Crippen LogP contribution in [0.3, 0.4) is 0 Å². The Morgan fingerprint density at radius 2 is 1.95 bits per heavy atom. The third-order valence-corrected chi connectivity index (χ3v) is 4.55. The van der Waals surface area contributed by atoms with Gasteiger partial charge in [-0.2, -0.15) is 0 Å². The number of rotatable bonds is 6. The topological polar surface area (TPSA) is 94.6 Å². The van der Waals surface area contributed by atoms with Crippen molar-refractivity contribution in [3.63, 3.8) is 0 Å². The molecule has 0 aliphatic rings. The van der Waals surface area contributed by atoms with E-state index in [1.807, 2.05) is 0 Å². The van der Waals surface area contributed by atoms with Crippen LogP contribution in [0.1, 0.15) is 17.1 Å². The van der Waals surface area contributed by atoms with Crippen molar-refractivity contribution in [3.05, 3.63) is 47.4 Å². The second-order valence-electron chi connectivity index (χ2n) is 4.51. The lowest BCUT2D eigenvalue weighted by molar-refractivity contribution is 0.414. The van der Waals surface area contributed by atoms with Gasteiger partial charge in [0.1, 0.15) is 22.2 Å². The van der Waals surface area contributed by atoms with Crippen LogP contribution in [0.25, 0.3) is 0 Å². The molecule has 2 aromatic rings. The van der Waals surface area contributed by atoms with E-state index in [0.29, 0.717) is 11.5 Å². The Morgan fingerprint density at radius 3 is 2.48 bits per heavy atom. The maximum Gasteiger partial charge on any atom is 0.244 e. The number of methoxy groups -OCH3 is 1. The zero-order valence-corrected chi connectivity index (χ0v) is 12.7. The van der Waals surface area contributed by atoms with Crippen LogP contribution in [0.4, 0.5) is 0 Å². The lowest BCUT2D eigenvalue weighted by Gasteiger charge is -2.06. The van der Waals surface area contributed by atoms with Gasteiger partial charge in [-0.3, -0.25) is 0 Å². The Bertz CT molecular complexity index is 705. The van der Waals surface area contributed by atoms with Gasteiger partial charge in [-0.15, -0.1) is 0 Å². The molecule has 0 spiro atoms. The molecular formula is C14H18N2O4S. The number of aryl methyl sites for hydroxylation is 1. The van der Waals surface area contributed by atoms with Gasteiger partial charge in [-0.1, -0.05) is 12.1 Å². The van der Waals surface area contributed by atoms with Crippen LogP contribution in [0.15, 0.2) is 39.6 Å². The molecule has 0 unspecified atom stereocenters. The van der Waals surface area contributed by atoms with Crippen LogP contribution < -0.4 is 15.2 Å². The molecule has 21 heavy (non-hydrogen) atoms. The molecular weight excluding hydrogens is 292 g/mol. The number of sulfonamides is 1. The summed E-state index contributed by atoms with van der Waals surface area (Å²) in [5.74, 6) is 1.50. The molecule has 0 aliphatic heterocycles. The van der Waals surface area contributed by atoms with Gasteiger partial charge in [0.05, 0.1) is 13.7 Å². The zero-order valence-electron chi connectivity index (χ0n) is 11.9. The number of hydrogen-bond acceptors (Lipinski definition) is 5. The average Bonchev–Trinajstić information content (AvgIpc) is 2.88. The fourth-order valence-electron chi connectivity index (χ4n) is 1.89. The normalized spacial score (nSPS) is 11.6. The summed E-state index contributed by atoms with van der Waals surface area (Å²) in [6, 6.07) is 8.61. The minimum Gasteiger partial charge on any atom is -0.497 e. The minimum absolute atomic E-state index is 0.122. The Kier molecular flexibility index (Phi) is 4.66. The molecule has 0 aliphatic carbocycles. The summed E-state index contributed by atoms with van der Waals surface area (Å²) < 4.78 is 37.3. The summed E-state index contributed by atoms with van der Waals surface area (Å²) in [6.45, 7) is 1.95. The number of benzene rings is 1. The summed E-state index contributed by atoms with van der Waals surface area (Å²) in [6.07, 6.45) is 0. The quantitative estimate of drug-likeness (QED) is 0.844. The van der Waals surface area contributed by atoms with E-state index in [-0.39, 0.29) is 18.0 Å². The van der Waals surface area contributed by atoms with Crippen LogP contribution in [0, 0.1) is 6.92 Å². The van der Waals surface area contributed by atoms with E-state index in [0.717, 1.165) is 11.3 Å². The van der Waals surface area contributed by atoms with E-state index < -0.39 is 10.0 Å². The second-order valence-corrected chi connectivity index (χ2v) is 6.25. The monoisotopic (exact) mass is 310 g/mol. The number of nitrogens with two attached hydrogens (primary N) is 1. The smallest absolute Gasteiger partial charge is 0.244 e. The largest absolute Gasteiger partial charge is 0.497 e. The summed E-state index contributed by atoms with van der Waals surface area (Å²) >= 11 is 0. The molecule has 0 atom stereocenters. The maximum atomic E-state index is 12.2. The molecule has 0 radical (unpaired) electrons. The number of ether oxygens (including phenoxy) is 1. The predicted octanol–water partition coefficient (Wildman–Crippen LogP) is 1.53.